The van der Waals surface area contributed by atoms with Crippen LogP contribution in [0.25, 0.3) is 0 Å². The van der Waals surface area contributed by atoms with Gasteiger partial charge in [-0.2, -0.15) is 0 Å². The maximum absolute atomic E-state index is 6.08. The summed E-state index contributed by atoms with van der Waals surface area (Å²) in [7, 11) is 0. The third-order valence-electron chi connectivity index (χ3n) is 3.54. The topological polar surface area (TPSA) is 33.3 Å². The monoisotopic (exact) mass is 198 g/mol. The van der Waals surface area contributed by atoms with Gasteiger partial charge in [0.2, 0.25) is 0 Å². The van der Waals surface area contributed by atoms with Crippen LogP contribution in [0.5, 0.6) is 0 Å². The van der Waals surface area contributed by atoms with Crippen LogP contribution < -0.4 is 10.6 Å². The van der Waals surface area contributed by atoms with E-state index < -0.39 is 0 Å². The summed E-state index contributed by atoms with van der Waals surface area (Å²) in [4.78, 5) is 0. The van der Waals surface area contributed by atoms with E-state index in [9.17, 15) is 0 Å². The molecule has 82 valence electrons. The summed E-state index contributed by atoms with van der Waals surface area (Å²) in [5.74, 6) is 0.661. The molecule has 3 nitrogen and oxygen atoms in total. The Kier molecular flexibility index (Phi) is 3.10. The molecule has 0 radical (unpaired) electrons. The van der Waals surface area contributed by atoms with Crippen LogP contribution in [0, 0.1) is 5.92 Å². The highest BCUT2D eigenvalue weighted by atomic mass is 16.5. The van der Waals surface area contributed by atoms with E-state index in [4.69, 9.17) is 4.74 Å². The lowest BCUT2D eigenvalue weighted by molar-refractivity contribution is -0.123. The number of rotatable bonds is 1. The Hall–Kier alpha value is -0.120. The zero-order valence-electron chi connectivity index (χ0n) is 9.31. The smallest absolute Gasteiger partial charge is 0.0862 e. The molecule has 3 heteroatoms. The fourth-order valence-corrected chi connectivity index (χ4v) is 2.89. The minimum absolute atomic E-state index is 0.123. The first-order valence-electron chi connectivity index (χ1n) is 5.83. The Morgan fingerprint density at radius 2 is 1.93 bits per heavy atom. The lowest BCUT2D eigenvalue weighted by atomic mass is 9.78. The molecule has 1 spiro atoms. The van der Waals surface area contributed by atoms with Gasteiger partial charge in [-0.15, -0.1) is 0 Å². The summed E-state index contributed by atoms with van der Waals surface area (Å²) in [6.07, 6.45) is 2.31. The first-order chi connectivity index (χ1) is 6.75. The molecule has 0 aromatic heterocycles. The van der Waals surface area contributed by atoms with E-state index in [-0.39, 0.29) is 5.60 Å². The number of hydrogen-bond donors (Lipinski definition) is 2. The summed E-state index contributed by atoms with van der Waals surface area (Å²) in [6, 6.07) is 0.540. The quantitative estimate of drug-likeness (QED) is 0.652. The first-order valence-corrected chi connectivity index (χ1v) is 5.83. The molecule has 0 aliphatic carbocycles. The van der Waals surface area contributed by atoms with Gasteiger partial charge in [0, 0.05) is 12.6 Å². The van der Waals surface area contributed by atoms with E-state index in [0.29, 0.717) is 12.0 Å². The van der Waals surface area contributed by atoms with Crippen LogP contribution in [0.15, 0.2) is 0 Å². The van der Waals surface area contributed by atoms with Crippen LogP contribution in [0.4, 0.5) is 0 Å². The van der Waals surface area contributed by atoms with Crippen molar-refractivity contribution in [2.24, 2.45) is 5.92 Å². The van der Waals surface area contributed by atoms with Crippen molar-refractivity contribution in [3.05, 3.63) is 0 Å². The Balaban J connectivity index is 2.10. The van der Waals surface area contributed by atoms with Crippen molar-refractivity contribution in [1.82, 2.24) is 10.6 Å². The molecule has 2 heterocycles. The van der Waals surface area contributed by atoms with Crippen molar-refractivity contribution in [3.8, 4) is 0 Å². The van der Waals surface area contributed by atoms with Crippen molar-refractivity contribution in [2.45, 2.75) is 38.3 Å². The van der Waals surface area contributed by atoms with Gasteiger partial charge in [0.25, 0.3) is 0 Å². The lowest BCUT2D eigenvalue weighted by Crippen LogP contribution is -2.63. The largest absolute Gasteiger partial charge is 0.372 e. The summed E-state index contributed by atoms with van der Waals surface area (Å²) < 4.78 is 6.08. The molecule has 0 aromatic carbocycles. The minimum Gasteiger partial charge on any atom is -0.372 e. The molecule has 1 unspecified atom stereocenters. The molecule has 2 rings (SSSR count). The maximum atomic E-state index is 6.08. The van der Waals surface area contributed by atoms with Crippen molar-refractivity contribution in [1.29, 1.82) is 0 Å². The second-order valence-electron chi connectivity index (χ2n) is 4.84. The van der Waals surface area contributed by atoms with Gasteiger partial charge in [0.15, 0.2) is 0 Å². The van der Waals surface area contributed by atoms with Gasteiger partial charge in [0.1, 0.15) is 0 Å². The summed E-state index contributed by atoms with van der Waals surface area (Å²) >= 11 is 0. The number of hydrogen-bond acceptors (Lipinski definition) is 3. The van der Waals surface area contributed by atoms with E-state index in [0.717, 1.165) is 39.1 Å². The molecule has 0 bridgehead atoms. The first kappa shape index (κ1) is 10.4. The number of piperidine rings is 1. The van der Waals surface area contributed by atoms with Crippen molar-refractivity contribution < 1.29 is 4.74 Å². The number of ether oxygens (including phenoxy) is 1. The highest BCUT2D eigenvalue weighted by molar-refractivity contribution is 5.00. The molecule has 2 fully saturated rings. The molecule has 0 saturated carbocycles. The predicted octanol–water partition coefficient (Wildman–Crippen LogP) is 0.753. The Bertz CT molecular complexity index is 179. The highest BCUT2D eigenvalue weighted by Gasteiger charge is 2.43. The van der Waals surface area contributed by atoms with Crippen LogP contribution in [-0.4, -0.2) is 37.9 Å². The Morgan fingerprint density at radius 3 is 2.57 bits per heavy atom. The van der Waals surface area contributed by atoms with E-state index in [1.54, 1.807) is 0 Å². The Morgan fingerprint density at radius 1 is 1.21 bits per heavy atom. The van der Waals surface area contributed by atoms with Gasteiger partial charge in [-0.25, -0.2) is 0 Å². The van der Waals surface area contributed by atoms with Gasteiger partial charge in [-0.05, 0) is 31.8 Å². The normalized spacial score (nSPS) is 32.4. The van der Waals surface area contributed by atoms with E-state index in [1.807, 2.05) is 0 Å². The summed E-state index contributed by atoms with van der Waals surface area (Å²) in [6.45, 7) is 8.67. The molecule has 0 amide bonds. The third-order valence-corrected chi connectivity index (χ3v) is 3.54. The van der Waals surface area contributed by atoms with Crippen molar-refractivity contribution in [2.75, 3.05) is 26.2 Å². The molecule has 2 aliphatic heterocycles. The molecule has 0 aromatic rings. The zero-order valence-corrected chi connectivity index (χ0v) is 9.31. The van der Waals surface area contributed by atoms with Crippen LogP contribution in [0.3, 0.4) is 0 Å². The zero-order chi connectivity index (χ0) is 10.0. The van der Waals surface area contributed by atoms with Gasteiger partial charge < -0.3 is 15.4 Å². The second-order valence-corrected chi connectivity index (χ2v) is 4.84. The van der Waals surface area contributed by atoms with E-state index in [1.165, 1.54) is 0 Å². The number of morpholine rings is 1. The molecule has 1 atom stereocenters. The van der Waals surface area contributed by atoms with Crippen LogP contribution >= 0.6 is 0 Å². The average Bonchev–Trinajstić information content (AvgIpc) is 2.19. The van der Waals surface area contributed by atoms with Gasteiger partial charge in [-0.1, -0.05) is 13.8 Å². The van der Waals surface area contributed by atoms with Crippen molar-refractivity contribution >= 4 is 0 Å². The standard InChI is InChI=1S/C11H22N2O/c1-9(2)10-11(14-8-7-13-10)3-5-12-6-4-11/h9-10,12-13H,3-8H2,1-2H3. The van der Waals surface area contributed by atoms with E-state index >= 15 is 0 Å². The van der Waals surface area contributed by atoms with Crippen LogP contribution in [0.1, 0.15) is 26.7 Å². The molecule has 14 heavy (non-hydrogen) atoms. The average molecular weight is 198 g/mol. The molecular formula is C11H22N2O. The van der Waals surface area contributed by atoms with Crippen LogP contribution in [0.2, 0.25) is 0 Å². The second kappa shape index (κ2) is 4.17. The van der Waals surface area contributed by atoms with Gasteiger partial charge in [-0.3, -0.25) is 0 Å². The molecule has 2 aliphatic rings. The SMILES string of the molecule is CC(C)C1NCCOC12CCNCC2. The van der Waals surface area contributed by atoms with Crippen LogP contribution in [-0.2, 0) is 4.74 Å². The van der Waals surface area contributed by atoms with E-state index in [2.05, 4.69) is 24.5 Å². The van der Waals surface area contributed by atoms with Gasteiger partial charge in [0.05, 0.1) is 12.2 Å². The molecular weight excluding hydrogens is 176 g/mol. The maximum Gasteiger partial charge on any atom is 0.0862 e. The molecule has 2 saturated heterocycles. The van der Waals surface area contributed by atoms with Gasteiger partial charge >= 0.3 is 0 Å². The lowest BCUT2D eigenvalue weighted by Gasteiger charge is -2.48. The third kappa shape index (κ3) is 1.81. The van der Waals surface area contributed by atoms with Crippen molar-refractivity contribution in [3.63, 3.8) is 0 Å². The number of nitrogens with one attached hydrogen (secondary N) is 2. The fraction of sp³-hybridized carbons (Fsp3) is 1.00. The summed E-state index contributed by atoms with van der Waals surface area (Å²) in [5, 5.41) is 7.03. The Labute approximate surface area is 86.6 Å². The highest BCUT2D eigenvalue weighted by Crippen LogP contribution is 2.32. The predicted molar refractivity (Wildman–Crippen MR) is 57.4 cm³/mol. The minimum atomic E-state index is 0.123. The molecule has 2 N–H and O–H groups in total. The fourth-order valence-electron chi connectivity index (χ4n) is 2.89. The summed E-state index contributed by atoms with van der Waals surface area (Å²) in [5.41, 5.74) is 0.123.